The summed E-state index contributed by atoms with van der Waals surface area (Å²) in [6.07, 6.45) is 2.82. The van der Waals surface area contributed by atoms with Crippen LogP contribution in [-0.4, -0.2) is 25.5 Å². The lowest BCUT2D eigenvalue weighted by Gasteiger charge is -1.98. The van der Waals surface area contributed by atoms with Crippen LogP contribution in [-0.2, 0) is 11.3 Å². The number of non-ortho nitro benzene ring substituents is 1. The van der Waals surface area contributed by atoms with Crippen LogP contribution in [0.5, 0.6) is 0 Å². The standard InChI is InChI=1S/C13H14N4O3/c1-2-3-12(18)8-16-9-14-13(15-16)10-4-6-11(7-5-10)17(19)20/h4-7,9H,2-3,8H2,1H3. The Morgan fingerprint density at radius 1 is 1.35 bits per heavy atom. The number of carbonyl (C=O) groups is 1. The molecule has 0 fully saturated rings. The highest BCUT2D eigenvalue weighted by Crippen LogP contribution is 2.18. The van der Waals surface area contributed by atoms with Crippen molar-refractivity contribution >= 4 is 11.5 Å². The fourth-order valence-electron chi connectivity index (χ4n) is 1.77. The van der Waals surface area contributed by atoms with Gasteiger partial charge in [-0.25, -0.2) is 9.67 Å². The number of nitro groups is 1. The molecule has 0 aliphatic rings. The van der Waals surface area contributed by atoms with Gasteiger partial charge in [0.2, 0.25) is 0 Å². The van der Waals surface area contributed by atoms with E-state index in [-0.39, 0.29) is 18.0 Å². The summed E-state index contributed by atoms with van der Waals surface area (Å²) in [4.78, 5) is 25.7. The molecule has 0 radical (unpaired) electrons. The van der Waals surface area contributed by atoms with Crippen molar-refractivity contribution in [3.05, 3.63) is 40.7 Å². The molecule has 20 heavy (non-hydrogen) atoms. The molecular formula is C13H14N4O3. The Kier molecular flexibility index (Phi) is 4.19. The molecular weight excluding hydrogens is 260 g/mol. The average molecular weight is 274 g/mol. The highest BCUT2D eigenvalue weighted by atomic mass is 16.6. The zero-order chi connectivity index (χ0) is 14.5. The SMILES string of the molecule is CCCC(=O)Cn1cnc(-c2ccc([N+](=O)[O-])cc2)n1. The van der Waals surface area contributed by atoms with Crippen molar-refractivity contribution in [1.82, 2.24) is 14.8 Å². The topological polar surface area (TPSA) is 90.9 Å². The lowest BCUT2D eigenvalue weighted by atomic mass is 10.2. The summed E-state index contributed by atoms with van der Waals surface area (Å²) in [6.45, 7) is 2.15. The van der Waals surface area contributed by atoms with E-state index in [0.29, 0.717) is 17.8 Å². The first-order chi connectivity index (χ1) is 9.60. The van der Waals surface area contributed by atoms with Crippen LogP contribution in [0.3, 0.4) is 0 Å². The van der Waals surface area contributed by atoms with Gasteiger partial charge in [0, 0.05) is 24.1 Å². The summed E-state index contributed by atoms with van der Waals surface area (Å²) in [5.74, 6) is 0.553. The summed E-state index contributed by atoms with van der Waals surface area (Å²) < 4.78 is 1.48. The van der Waals surface area contributed by atoms with Crippen molar-refractivity contribution in [3.8, 4) is 11.4 Å². The highest BCUT2D eigenvalue weighted by molar-refractivity contribution is 5.78. The number of rotatable bonds is 6. The van der Waals surface area contributed by atoms with Crippen LogP contribution in [0.15, 0.2) is 30.6 Å². The summed E-state index contributed by atoms with van der Waals surface area (Å²) in [5, 5.41) is 14.8. The molecule has 1 aromatic carbocycles. The minimum absolute atomic E-state index is 0.0197. The quantitative estimate of drug-likeness (QED) is 0.595. The fourth-order valence-corrected chi connectivity index (χ4v) is 1.77. The van der Waals surface area contributed by atoms with Gasteiger partial charge in [0.1, 0.15) is 12.9 Å². The van der Waals surface area contributed by atoms with Crippen LogP contribution < -0.4 is 0 Å². The number of nitro benzene ring substituents is 1. The third-order valence-electron chi connectivity index (χ3n) is 2.74. The first-order valence-corrected chi connectivity index (χ1v) is 6.26. The first kappa shape index (κ1) is 13.9. The second-order valence-corrected chi connectivity index (χ2v) is 4.36. The number of nitrogens with zero attached hydrogens (tertiary/aromatic N) is 4. The molecule has 1 aromatic heterocycles. The Hall–Kier alpha value is -2.57. The van der Waals surface area contributed by atoms with Gasteiger partial charge in [-0.2, -0.15) is 5.10 Å². The number of carbonyl (C=O) groups excluding carboxylic acids is 1. The van der Waals surface area contributed by atoms with Crippen LogP contribution in [0.25, 0.3) is 11.4 Å². The largest absolute Gasteiger partial charge is 0.298 e. The van der Waals surface area contributed by atoms with E-state index in [9.17, 15) is 14.9 Å². The molecule has 1 heterocycles. The third-order valence-corrected chi connectivity index (χ3v) is 2.74. The molecule has 7 heteroatoms. The van der Waals surface area contributed by atoms with E-state index in [1.807, 2.05) is 6.92 Å². The molecule has 2 aromatic rings. The molecule has 0 bridgehead atoms. The van der Waals surface area contributed by atoms with Gasteiger partial charge in [-0.1, -0.05) is 6.92 Å². The Morgan fingerprint density at radius 2 is 2.05 bits per heavy atom. The van der Waals surface area contributed by atoms with Gasteiger partial charge in [0.15, 0.2) is 11.6 Å². The molecule has 0 saturated carbocycles. The fraction of sp³-hybridized carbons (Fsp3) is 0.308. The smallest absolute Gasteiger partial charge is 0.269 e. The highest BCUT2D eigenvalue weighted by Gasteiger charge is 2.09. The van der Waals surface area contributed by atoms with Gasteiger partial charge in [-0.3, -0.25) is 14.9 Å². The van der Waals surface area contributed by atoms with Crippen molar-refractivity contribution in [2.75, 3.05) is 0 Å². The molecule has 7 nitrogen and oxygen atoms in total. The van der Waals surface area contributed by atoms with Gasteiger partial charge in [0.25, 0.3) is 5.69 Å². The zero-order valence-corrected chi connectivity index (χ0v) is 11.0. The van der Waals surface area contributed by atoms with E-state index in [2.05, 4.69) is 10.1 Å². The van der Waals surface area contributed by atoms with E-state index in [0.717, 1.165) is 6.42 Å². The van der Waals surface area contributed by atoms with Crippen LogP contribution in [0.4, 0.5) is 5.69 Å². The minimum atomic E-state index is -0.459. The van der Waals surface area contributed by atoms with E-state index in [1.165, 1.54) is 23.1 Å². The molecule has 0 aliphatic carbocycles. The first-order valence-electron chi connectivity index (χ1n) is 6.26. The molecule has 2 rings (SSSR count). The Morgan fingerprint density at radius 3 is 2.65 bits per heavy atom. The molecule has 0 unspecified atom stereocenters. The minimum Gasteiger partial charge on any atom is -0.298 e. The number of Topliss-reactive ketones (excluding diaryl/α,β-unsaturated/α-hetero) is 1. The maximum absolute atomic E-state index is 11.5. The predicted molar refractivity (Wildman–Crippen MR) is 72.0 cm³/mol. The Balaban J connectivity index is 2.12. The third kappa shape index (κ3) is 3.25. The number of ketones is 1. The molecule has 0 aliphatic heterocycles. The van der Waals surface area contributed by atoms with Crippen molar-refractivity contribution in [2.45, 2.75) is 26.3 Å². The average Bonchev–Trinajstić information content (AvgIpc) is 2.87. The lowest BCUT2D eigenvalue weighted by Crippen LogP contribution is -2.09. The zero-order valence-electron chi connectivity index (χ0n) is 11.0. The molecule has 0 spiro atoms. The number of hydrogen-bond acceptors (Lipinski definition) is 5. The van der Waals surface area contributed by atoms with Gasteiger partial charge in [-0.15, -0.1) is 0 Å². The molecule has 0 amide bonds. The monoisotopic (exact) mass is 274 g/mol. The normalized spacial score (nSPS) is 10.4. The van der Waals surface area contributed by atoms with Crippen LogP contribution in [0, 0.1) is 10.1 Å². The number of hydrogen-bond donors (Lipinski definition) is 0. The summed E-state index contributed by atoms with van der Waals surface area (Å²) in [6, 6.07) is 5.98. The molecule has 0 N–H and O–H groups in total. The van der Waals surface area contributed by atoms with E-state index >= 15 is 0 Å². The van der Waals surface area contributed by atoms with E-state index < -0.39 is 4.92 Å². The second kappa shape index (κ2) is 6.05. The van der Waals surface area contributed by atoms with Crippen molar-refractivity contribution in [1.29, 1.82) is 0 Å². The maximum Gasteiger partial charge on any atom is 0.269 e. The van der Waals surface area contributed by atoms with Gasteiger partial charge in [0.05, 0.1) is 4.92 Å². The van der Waals surface area contributed by atoms with Crippen LogP contribution >= 0.6 is 0 Å². The van der Waals surface area contributed by atoms with E-state index in [1.54, 1.807) is 12.1 Å². The Bertz CT molecular complexity index is 619. The maximum atomic E-state index is 11.5. The van der Waals surface area contributed by atoms with Crippen molar-refractivity contribution in [3.63, 3.8) is 0 Å². The van der Waals surface area contributed by atoms with Gasteiger partial charge >= 0.3 is 0 Å². The second-order valence-electron chi connectivity index (χ2n) is 4.36. The van der Waals surface area contributed by atoms with Crippen molar-refractivity contribution < 1.29 is 9.72 Å². The molecule has 0 saturated heterocycles. The van der Waals surface area contributed by atoms with E-state index in [4.69, 9.17) is 0 Å². The number of aromatic nitrogens is 3. The van der Waals surface area contributed by atoms with Gasteiger partial charge < -0.3 is 0 Å². The lowest BCUT2D eigenvalue weighted by molar-refractivity contribution is -0.384. The van der Waals surface area contributed by atoms with Crippen molar-refractivity contribution in [2.24, 2.45) is 0 Å². The summed E-state index contributed by atoms with van der Waals surface area (Å²) >= 11 is 0. The Labute approximate surface area is 115 Å². The summed E-state index contributed by atoms with van der Waals surface area (Å²) in [5.41, 5.74) is 0.698. The van der Waals surface area contributed by atoms with Crippen LogP contribution in [0.2, 0.25) is 0 Å². The predicted octanol–water partition coefficient (Wildman–Crippen LogP) is 2.22. The van der Waals surface area contributed by atoms with Crippen LogP contribution in [0.1, 0.15) is 19.8 Å². The number of benzene rings is 1. The van der Waals surface area contributed by atoms with Gasteiger partial charge in [-0.05, 0) is 18.6 Å². The molecule has 0 atom stereocenters. The molecule has 104 valence electrons. The summed E-state index contributed by atoms with van der Waals surface area (Å²) in [7, 11) is 0.